The van der Waals surface area contributed by atoms with Gasteiger partial charge in [0.25, 0.3) is 0 Å². The van der Waals surface area contributed by atoms with E-state index in [4.69, 9.17) is 9.47 Å². The molecule has 0 amide bonds. The molecule has 0 atom stereocenters. The number of nitrogens with zero attached hydrogens (tertiary/aromatic N) is 1. The van der Waals surface area contributed by atoms with Gasteiger partial charge in [0.2, 0.25) is 0 Å². The third-order valence-corrected chi connectivity index (χ3v) is 2.85. The van der Waals surface area contributed by atoms with Gasteiger partial charge in [0.05, 0.1) is 12.6 Å². The van der Waals surface area contributed by atoms with Crippen molar-refractivity contribution in [2.24, 2.45) is 4.99 Å². The Morgan fingerprint density at radius 3 is 2.77 bits per heavy atom. The molecular formula is C17H29N3O2. The summed E-state index contributed by atoms with van der Waals surface area (Å²) >= 11 is 0. The highest BCUT2D eigenvalue weighted by Crippen LogP contribution is 2.15. The maximum absolute atomic E-state index is 5.71. The van der Waals surface area contributed by atoms with Crippen molar-refractivity contribution in [3.05, 3.63) is 29.8 Å². The lowest BCUT2D eigenvalue weighted by Gasteiger charge is -2.12. The van der Waals surface area contributed by atoms with Crippen LogP contribution in [-0.4, -0.2) is 38.9 Å². The van der Waals surface area contributed by atoms with E-state index in [1.54, 1.807) is 7.11 Å². The quantitative estimate of drug-likeness (QED) is 0.418. The second-order valence-electron chi connectivity index (χ2n) is 5.28. The van der Waals surface area contributed by atoms with Gasteiger partial charge in [0.15, 0.2) is 5.96 Å². The summed E-state index contributed by atoms with van der Waals surface area (Å²) in [7, 11) is 1.71. The number of ether oxygens (including phenoxy) is 2. The summed E-state index contributed by atoms with van der Waals surface area (Å²) in [6.07, 6.45) is 1.14. The molecule has 0 aromatic heterocycles. The molecule has 1 aromatic carbocycles. The van der Waals surface area contributed by atoms with E-state index in [9.17, 15) is 0 Å². The van der Waals surface area contributed by atoms with Gasteiger partial charge in [-0.15, -0.1) is 0 Å². The maximum Gasteiger partial charge on any atom is 0.191 e. The van der Waals surface area contributed by atoms with Crippen LogP contribution >= 0.6 is 0 Å². The van der Waals surface area contributed by atoms with Crippen molar-refractivity contribution in [3.8, 4) is 5.75 Å². The minimum Gasteiger partial charge on any atom is -0.491 e. The fourth-order valence-electron chi connectivity index (χ4n) is 1.92. The topological polar surface area (TPSA) is 54.9 Å². The molecule has 124 valence electrons. The number of hydrogen-bond acceptors (Lipinski definition) is 3. The average Bonchev–Trinajstić information content (AvgIpc) is 2.49. The molecule has 0 unspecified atom stereocenters. The average molecular weight is 307 g/mol. The first-order chi connectivity index (χ1) is 10.7. The predicted molar refractivity (Wildman–Crippen MR) is 91.5 cm³/mol. The maximum atomic E-state index is 5.71. The molecule has 0 spiro atoms. The number of methoxy groups -OCH3 is 1. The van der Waals surface area contributed by atoms with Crippen LogP contribution in [0.1, 0.15) is 32.8 Å². The summed E-state index contributed by atoms with van der Waals surface area (Å²) in [5, 5.41) is 6.54. The third kappa shape index (κ3) is 7.88. The van der Waals surface area contributed by atoms with Crippen LogP contribution in [0.5, 0.6) is 5.75 Å². The number of hydrogen-bond donors (Lipinski definition) is 2. The van der Waals surface area contributed by atoms with Gasteiger partial charge in [0, 0.05) is 26.8 Å². The standard InChI is InChI=1S/C17H29N3O2/c1-5-18-17(19-10-7-11-21-4)20-13-15-8-6-9-16(12-15)22-14(2)3/h6,8-9,12,14H,5,7,10-11,13H2,1-4H3,(H2,18,19,20). The molecule has 0 fully saturated rings. The molecule has 1 rings (SSSR count). The van der Waals surface area contributed by atoms with Gasteiger partial charge in [-0.3, -0.25) is 0 Å². The summed E-state index contributed by atoms with van der Waals surface area (Å²) in [4.78, 5) is 4.60. The lowest BCUT2D eigenvalue weighted by molar-refractivity contribution is 0.195. The van der Waals surface area contributed by atoms with E-state index < -0.39 is 0 Å². The second-order valence-corrected chi connectivity index (χ2v) is 5.28. The van der Waals surface area contributed by atoms with Gasteiger partial charge in [-0.1, -0.05) is 12.1 Å². The normalized spacial score (nSPS) is 11.6. The number of benzene rings is 1. The Kier molecular flexibility index (Phi) is 9.07. The third-order valence-electron chi connectivity index (χ3n) is 2.85. The van der Waals surface area contributed by atoms with Gasteiger partial charge in [-0.25, -0.2) is 4.99 Å². The number of nitrogens with one attached hydrogen (secondary N) is 2. The van der Waals surface area contributed by atoms with Crippen LogP contribution in [0.3, 0.4) is 0 Å². The molecule has 0 radical (unpaired) electrons. The SMILES string of the molecule is CCNC(=NCc1cccc(OC(C)C)c1)NCCCOC. The monoisotopic (exact) mass is 307 g/mol. The zero-order valence-electron chi connectivity index (χ0n) is 14.2. The van der Waals surface area contributed by atoms with Gasteiger partial charge in [0.1, 0.15) is 5.75 Å². The van der Waals surface area contributed by atoms with Crippen molar-refractivity contribution in [3.63, 3.8) is 0 Å². The van der Waals surface area contributed by atoms with E-state index in [0.717, 1.165) is 43.4 Å². The summed E-state index contributed by atoms with van der Waals surface area (Å²) in [5.41, 5.74) is 1.13. The van der Waals surface area contributed by atoms with Crippen LogP contribution in [-0.2, 0) is 11.3 Å². The fourth-order valence-corrected chi connectivity index (χ4v) is 1.92. The summed E-state index contributed by atoms with van der Waals surface area (Å²) < 4.78 is 10.8. The Morgan fingerprint density at radius 2 is 2.09 bits per heavy atom. The van der Waals surface area contributed by atoms with E-state index in [-0.39, 0.29) is 6.10 Å². The van der Waals surface area contributed by atoms with Crippen molar-refractivity contribution in [2.75, 3.05) is 26.8 Å². The predicted octanol–water partition coefficient (Wildman–Crippen LogP) is 2.57. The molecular weight excluding hydrogens is 278 g/mol. The van der Waals surface area contributed by atoms with Crippen LogP contribution in [0.2, 0.25) is 0 Å². The van der Waals surface area contributed by atoms with Crippen molar-refractivity contribution < 1.29 is 9.47 Å². The first-order valence-corrected chi connectivity index (χ1v) is 7.92. The molecule has 22 heavy (non-hydrogen) atoms. The van der Waals surface area contributed by atoms with Crippen LogP contribution in [0, 0.1) is 0 Å². The highest BCUT2D eigenvalue weighted by molar-refractivity contribution is 5.79. The molecule has 0 aliphatic rings. The minimum absolute atomic E-state index is 0.179. The Bertz CT molecular complexity index is 447. The Hall–Kier alpha value is -1.75. The Morgan fingerprint density at radius 1 is 1.27 bits per heavy atom. The van der Waals surface area contributed by atoms with Gasteiger partial charge in [-0.05, 0) is 44.9 Å². The highest BCUT2D eigenvalue weighted by Gasteiger charge is 2.01. The molecule has 0 saturated heterocycles. The summed E-state index contributed by atoms with van der Waals surface area (Å²) in [5.74, 6) is 1.72. The first-order valence-electron chi connectivity index (χ1n) is 7.92. The number of guanidine groups is 1. The molecule has 5 nitrogen and oxygen atoms in total. The largest absolute Gasteiger partial charge is 0.491 e. The highest BCUT2D eigenvalue weighted by atomic mass is 16.5. The first kappa shape index (κ1) is 18.3. The Balaban J connectivity index is 2.57. The van der Waals surface area contributed by atoms with Crippen LogP contribution in [0.15, 0.2) is 29.3 Å². The van der Waals surface area contributed by atoms with Gasteiger partial charge < -0.3 is 20.1 Å². The fraction of sp³-hybridized carbons (Fsp3) is 0.588. The summed E-state index contributed by atoms with van der Waals surface area (Å²) in [6.45, 7) is 9.16. The zero-order chi connectivity index (χ0) is 16.2. The smallest absolute Gasteiger partial charge is 0.191 e. The van der Waals surface area contributed by atoms with Crippen molar-refractivity contribution in [1.29, 1.82) is 0 Å². The van der Waals surface area contributed by atoms with Crippen LogP contribution in [0.4, 0.5) is 0 Å². The van der Waals surface area contributed by atoms with E-state index in [2.05, 4.69) is 28.6 Å². The zero-order valence-corrected chi connectivity index (χ0v) is 14.2. The van der Waals surface area contributed by atoms with E-state index in [1.165, 1.54) is 0 Å². The summed E-state index contributed by atoms with van der Waals surface area (Å²) in [6, 6.07) is 8.08. The minimum atomic E-state index is 0.179. The van der Waals surface area contributed by atoms with E-state index in [0.29, 0.717) is 6.54 Å². The van der Waals surface area contributed by atoms with Crippen molar-refractivity contribution in [2.45, 2.75) is 39.8 Å². The van der Waals surface area contributed by atoms with Gasteiger partial charge in [-0.2, -0.15) is 0 Å². The van der Waals surface area contributed by atoms with Crippen LogP contribution in [0.25, 0.3) is 0 Å². The van der Waals surface area contributed by atoms with E-state index >= 15 is 0 Å². The Labute approximate surface area is 134 Å². The molecule has 1 aromatic rings. The number of aliphatic imine (C=N–C) groups is 1. The molecule has 0 aliphatic heterocycles. The number of rotatable bonds is 9. The molecule has 5 heteroatoms. The molecule has 0 bridgehead atoms. The van der Waals surface area contributed by atoms with Crippen LogP contribution < -0.4 is 15.4 Å². The van der Waals surface area contributed by atoms with Crippen molar-refractivity contribution >= 4 is 5.96 Å². The molecule has 0 saturated carbocycles. The van der Waals surface area contributed by atoms with Crippen molar-refractivity contribution in [1.82, 2.24) is 10.6 Å². The lowest BCUT2D eigenvalue weighted by atomic mass is 10.2. The van der Waals surface area contributed by atoms with Gasteiger partial charge >= 0.3 is 0 Å². The molecule has 2 N–H and O–H groups in total. The van der Waals surface area contributed by atoms with E-state index in [1.807, 2.05) is 32.0 Å². The second kappa shape index (κ2) is 10.9. The lowest BCUT2D eigenvalue weighted by Crippen LogP contribution is -2.38. The molecule has 0 heterocycles. The molecule has 0 aliphatic carbocycles.